The molecule has 0 unspecified atom stereocenters. The molecular formula is C18H14ClNO4. The van der Waals surface area contributed by atoms with Gasteiger partial charge in [-0.25, -0.2) is 0 Å². The topological polar surface area (TPSA) is 63.7 Å². The molecule has 0 radical (unpaired) electrons. The molecule has 0 saturated heterocycles. The van der Waals surface area contributed by atoms with E-state index in [0.717, 1.165) is 4.90 Å². The quantitative estimate of drug-likeness (QED) is 0.617. The van der Waals surface area contributed by atoms with E-state index in [9.17, 15) is 14.4 Å². The molecule has 0 aromatic heterocycles. The van der Waals surface area contributed by atoms with Crippen molar-refractivity contribution in [3.8, 4) is 5.75 Å². The number of nitrogens with zero attached hydrogens (tertiary/aromatic N) is 1. The van der Waals surface area contributed by atoms with Crippen molar-refractivity contribution in [2.75, 3.05) is 13.7 Å². The summed E-state index contributed by atoms with van der Waals surface area (Å²) in [6.45, 7) is 0.0365. The molecule has 6 heteroatoms. The molecule has 2 aromatic rings. The van der Waals surface area contributed by atoms with Gasteiger partial charge in [-0.2, -0.15) is 0 Å². The Morgan fingerprint density at radius 3 is 2.25 bits per heavy atom. The Hall–Kier alpha value is -2.66. The highest BCUT2D eigenvalue weighted by atomic mass is 35.5. The minimum Gasteiger partial charge on any atom is -0.495 e. The maximum absolute atomic E-state index is 12.3. The van der Waals surface area contributed by atoms with Crippen LogP contribution in [0.25, 0.3) is 0 Å². The Bertz CT molecular complexity index is 812. The van der Waals surface area contributed by atoms with E-state index in [0.29, 0.717) is 27.5 Å². The van der Waals surface area contributed by atoms with Gasteiger partial charge in [0, 0.05) is 18.5 Å². The van der Waals surface area contributed by atoms with Crippen LogP contribution >= 0.6 is 11.6 Å². The molecule has 0 aliphatic carbocycles. The molecule has 0 bridgehead atoms. The van der Waals surface area contributed by atoms with Crippen LogP contribution in [0.5, 0.6) is 5.75 Å². The summed E-state index contributed by atoms with van der Waals surface area (Å²) in [6.07, 6.45) is 0.0358. The highest BCUT2D eigenvalue weighted by Gasteiger charge is 2.34. The van der Waals surface area contributed by atoms with Crippen molar-refractivity contribution in [3.05, 3.63) is 64.2 Å². The molecule has 122 valence electrons. The summed E-state index contributed by atoms with van der Waals surface area (Å²) in [5, 5.41) is 0.337. The number of methoxy groups -OCH3 is 1. The second-order valence-corrected chi connectivity index (χ2v) is 5.74. The second kappa shape index (κ2) is 6.45. The molecule has 0 N–H and O–H groups in total. The van der Waals surface area contributed by atoms with Crippen LogP contribution in [0.1, 0.15) is 37.5 Å². The number of rotatable bonds is 5. The Morgan fingerprint density at radius 1 is 1.08 bits per heavy atom. The van der Waals surface area contributed by atoms with Crippen LogP contribution in [0, 0.1) is 0 Å². The number of carbonyl (C=O) groups is 3. The predicted octanol–water partition coefficient (Wildman–Crippen LogP) is 3.22. The van der Waals surface area contributed by atoms with Gasteiger partial charge in [-0.05, 0) is 30.3 Å². The molecule has 1 aliphatic heterocycles. The first-order valence-electron chi connectivity index (χ1n) is 7.35. The van der Waals surface area contributed by atoms with Gasteiger partial charge in [0.1, 0.15) is 5.75 Å². The summed E-state index contributed by atoms with van der Waals surface area (Å²) in [7, 11) is 1.49. The van der Waals surface area contributed by atoms with Crippen molar-refractivity contribution in [3.63, 3.8) is 0 Å². The lowest BCUT2D eigenvalue weighted by Crippen LogP contribution is -2.31. The third-order valence-corrected chi connectivity index (χ3v) is 4.21. The van der Waals surface area contributed by atoms with Crippen LogP contribution in [0.3, 0.4) is 0 Å². The number of halogens is 1. The smallest absolute Gasteiger partial charge is 0.261 e. The summed E-state index contributed by atoms with van der Waals surface area (Å²) in [5.41, 5.74) is 1.17. The lowest BCUT2D eigenvalue weighted by atomic mass is 10.1. The van der Waals surface area contributed by atoms with Crippen LogP contribution in [0.2, 0.25) is 5.02 Å². The summed E-state index contributed by atoms with van der Waals surface area (Å²) in [5.74, 6) is -0.447. The maximum atomic E-state index is 12.3. The highest BCUT2D eigenvalue weighted by Crippen LogP contribution is 2.26. The lowest BCUT2D eigenvalue weighted by Gasteiger charge is -2.13. The average Bonchev–Trinajstić information content (AvgIpc) is 2.84. The number of hydrogen-bond donors (Lipinski definition) is 0. The van der Waals surface area contributed by atoms with Crippen molar-refractivity contribution >= 4 is 29.2 Å². The van der Waals surface area contributed by atoms with E-state index in [1.807, 2.05) is 0 Å². The number of ether oxygens (including phenoxy) is 1. The van der Waals surface area contributed by atoms with E-state index in [1.54, 1.807) is 36.4 Å². The Morgan fingerprint density at radius 2 is 1.71 bits per heavy atom. The van der Waals surface area contributed by atoms with Gasteiger partial charge in [0.05, 0.1) is 23.3 Å². The first-order valence-corrected chi connectivity index (χ1v) is 7.72. The number of imide groups is 1. The SMILES string of the molecule is COc1ccc(C(=O)CCN2C(=O)c3ccccc3C2=O)cc1Cl. The van der Waals surface area contributed by atoms with Gasteiger partial charge < -0.3 is 4.74 Å². The van der Waals surface area contributed by atoms with Crippen LogP contribution in [0.4, 0.5) is 0 Å². The van der Waals surface area contributed by atoms with Gasteiger partial charge in [-0.1, -0.05) is 23.7 Å². The second-order valence-electron chi connectivity index (χ2n) is 5.33. The fraction of sp³-hybridized carbons (Fsp3) is 0.167. The van der Waals surface area contributed by atoms with E-state index in [1.165, 1.54) is 13.2 Å². The van der Waals surface area contributed by atoms with Gasteiger partial charge >= 0.3 is 0 Å². The Balaban J connectivity index is 1.70. The summed E-state index contributed by atoms with van der Waals surface area (Å²) in [6, 6.07) is 11.4. The minimum atomic E-state index is -0.365. The predicted molar refractivity (Wildman–Crippen MR) is 88.8 cm³/mol. The van der Waals surface area contributed by atoms with Crippen LogP contribution in [-0.2, 0) is 0 Å². The lowest BCUT2D eigenvalue weighted by molar-refractivity contribution is 0.0649. The van der Waals surface area contributed by atoms with Crippen molar-refractivity contribution in [2.45, 2.75) is 6.42 Å². The molecule has 0 saturated carbocycles. The number of fused-ring (bicyclic) bond motifs is 1. The van der Waals surface area contributed by atoms with Gasteiger partial charge in [0.2, 0.25) is 0 Å². The average molecular weight is 344 g/mol. The monoisotopic (exact) mass is 343 g/mol. The summed E-state index contributed by atoms with van der Waals surface area (Å²) >= 11 is 6.01. The molecular weight excluding hydrogens is 330 g/mol. The number of ketones is 1. The van der Waals surface area contributed by atoms with Crippen molar-refractivity contribution in [1.29, 1.82) is 0 Å². The highest BCUT2D eigenvalue weighted by molar-refractivity contribution is 6.32. The number of amides is 2. The zero-order valence-corrected chi connectivity index (χ0v) is 13.7. The van der Waals surface area contributed by atoms with Crippen LogP contribution in [-0.4, -0.2) is 36.2 Å². The summed E-state index contributed by atoms with van der Waals surface area (Å²) in [4.78, 5) is 37.9. The molecule has 0 atom stereocenters. The van der Waals surface area contributed by atoms with Gasteiger partial charge in [-0.15, -0.1) is 0 Å². The molecule has 1 heterocycles. The third kappa shape index (κ3) is 2.78. The first kappa shape index (κ1) is 16.2. The van der Waals surface area contributed by atoms with Crippen LogP contribution in [0.15, 0.2) is 42.5 Å². The molecule has 1 aliphatic rings. The minimum absolute atomic E-state index is 0.0358. The summed E-state index contributed by atoms with van der Waals surface area (Å²) < 4.78 is 5.04. The molecule has 2 aromatic carbocycles. The number of hydrogen-bond acceptors (Lipinski definition) is 4. The fourth-order valence-corrected chi connectivity index (χ4v) is 2.90. The zero-order chi connectivity index (χ0) is 17.3. The molecule has 0 spiro atoms. The van der Waals surface area contributed by atoms with E-state index in [-0.39, 0.29) is 30.6 Å². The fourth-order valence-electron chi connectivity index (χ4n) is 2.64. The maximum Gasteiger partial charge on any atom is 0.261 e. The number of Topliss-reactive ketones (excluding diaryl/α,β-unsaturated/α-hetero) is 1. The normalized spacial score (nSPS) is 13.2. The molecule has 3 rings (SSSR count). The van der Waals surface area contributed by atoms with Crippen LogP contribution < -0.4 is 4.74 Å². The Labute approximate surface area is 143 Å². The van der Waals surface area contributed by atoms with E-state index in [2.05, 4.69) is 0 Å². The van der Waals surface area contributed by atoms with Crippen molar-refractivity contribution < 1.29 is 19.1 Å². The van der Waals surface area contributed by atoms with Gasteiger partial charge in [-0.3, -0.25) is 19.3 Å². The molecule has 2 amide bonds. The van der Waals surface area contributed by atoms with Crippen molar-refractivity contribution in [1.82, 2.24) is 4.90 Å². The third-order valence-electron chi connectivity index (χ3n) is 3.91. The number of benzene rings is 2. The van der Waals surface area contributed by atoms with E-state index >= 15 is 0 Å². The first-order chi connectivity index (χ1) is 11.5. The van der Waals surface area contributed by atoms with Gasteiger partial charge in [0.25, 0.3) is 11.8 Å². The van der Waals surface area contributed by atoms with Crippen molar-refractivity contribution in [2.24, 2.45) is 0 Å². The van der Waals surface area contributed by atoms with E-state index in [4.69, 9.17) is 16.3 Å². The molecule has 5 nitrogen and oxygen atoms in total. The molecule has 0 fully saturated rings. The standard InChI is InChI=1S/C18H14ClNO4/c1-24-16-7-6-11(10-14(16)19)15(21)8-9-20-17(22)12-4-2-3-5-13(12)18(20)23/h2-7,10H,8-9H2,1H3. The molecule has 24 heavy (non-hydrogen) atoms. The largest absolute Gasteiger partial charge is 0.495 e. The Kier molecular flexibility index (Phi) is 4.36. The van der Waals surface area contributed by atoms with Gasteiger partial charge in [0.15, 0.2) is 5.78 Å². The van der Waals surface area contributed by atoms with E-state index < -0.39 is 0 Å². The number of carbonyl (C=O) groups excluding carboxylic acids is 3. The zero-order valence-electron chi connectivity index (χ0n) is 12.9.